The summed E-state index contributed by atoms with van der Waals surface area (Å²) in [7, 11) is 0. The number of anilines is 1. The first-order valence-corrected chi connectivity index (χ1v) is 7.27. The molecule has 21 heavy (non-hydrogen) atoms. The van der Waals surface area contributed by atoms with Crippen molar-refractivity contribution in [3.63, 3.8) is 0 Å². The van der Waals surface area contributed by atoms with E-state index in [9.17, 15) is 0 Å². The zero-order chi connectivity index (χ0) is 15.0. The minimum absolute atomic E-state index is 0.672. The van der Waals surface area contributed by atoms with Crippen LogP contribution in [-0.2, 0) is 0 Å². The Bertz CT molecular complexity index is 793. The number of nitrogens with two attached hydrogens (primary N) is 1. The van der Waals surface area contributed by atoms with E-state index >= 15 is 0 Å². The Morgan fingerprint density at radius 1 is 1.14 bits per heavy atom. The van der Waals surface area contributed by atoms with Crippen molar-refractivity contribution >= 4 is 21.6 Å². The summed E-state index contributed by atoms with van der Waals surface area (Å²) in [5.41, 5.74) is 10.6. The largest absolute Gasteiger partial charge is 0.398 e. The van der Waals surface area contributed by atoms with Gasteiger partial charge in [0.25, 0.3) is 0 Å². The Kier molecular flexibility index (Phi) is 3.47. The van der Waals surface area contributed by atoms with Crippen molar-refractivity contribution in [2.45, 2.75) is 13.8 Å². The van der Waals surface area contributed by atoms with Gasteiger partial charge in [-0.3, -0.25) is 0 Å². The smallest absolute Gasteiger partial charge is 0.187 e. The van der Waals surface area contributed by atoms with Crippen molar-refractivity contribution in [3.05, 3.63) is 52.0 Å². The van der Waals surface area contributed by atoms with E-state index in [1.165, 1.54) is 0 Å². The monoisotopic (exact) mass is 343 g/mol. The van der Waals surface area contributed by atoms with Gasteiger partial charge < -0.3 is 5.73 Å². The molecular formula is C15H14BrN5. The van der Waals surface area contributed by atoms with Crippen LogP contribution in [0, 0.1) is 13.8 Å². The lowest BCUT2D eigenvalue weighted by molar-refractivity contribution is 0.788. The van der Waals surface area contributed by atoms with Gasteiger partial charge in [-0.2, -0.15) is 4.68 Å². The fourth-order valence-corrected chi connectivity index (χ4v) is 2.61. The van der Waals surface area contributed by atoms with E-state index in [1.54, 1.807) is 4.68 Å². The third kappa shape index (κ3) is 2.42. The van der Waals surface area contributed by atoms with Crippen LogP contribution in [0.5, 0.6) is 0 Å². The number of aryl methyl sites for hydroxylation is 1. The molecule has 3 rings (SSSR count). The van der Waals surface area contributed by atoms with E-state index in [-0.39, 0.29) is 0 Å². The van der Waals surface area contributed by atoms with Crippen molar-refractivity contribution in [2.24, 2.45) is 0 Å². The highest BCUT2D eigenvalue weighted by molar-refractivity contribution is 9.10. The van der Waals surface area contributed by atoms with Crippen molar-refractivity contribution in [1.82, 2.24) is 20.2 Å². The maximum atomic E-state index is 5.98. The van der Waals surface area contributed by atoms with Gasteiger partial charge in [-0.15, -0.1) is 5.10 Å². The lowest BCUT2D eigenvalue weighted by Gasteiger charge is -2.10. The molecule has 2 N–H and O–H groups in total. The quantitative estimate of drug-likeness (QED) is 0.725. The van der Waals surface area contributed by atoms with E-state index in [1.807, 2.05) is 50.2 Å². The number of benzene rings is 2. The highest BCUT2D eigenvalue weighted by Crippen LogP contribution is 2.29. The molecule has 106 valence electrons. The number of hydrogen-bond donors (Lipinski definition) is 1. The molecule has 0 aliphatic rings. The molecule has 0 saturated carbocycles. The first-order valence-electron chi connectivity index (χ1n) is 6.48. The van der Waals surface area contributed by atoms with Gasteiger partial charge in [0.05, 0.1) is 5.69 Å². The predicted octanol–water partition coefficient (Wildman–Crippen LogP) is 3.29. The van der Waals surface area contributed by atoms with Gasteiger partial charge >= 0.3 is 0 Å². The fraction of sp³-hybridized carbons (Fsp3) is 0.133. The Labute approximate surface area is 130 Å². The second-order valence-corrected chi connectivity index (χ2v) is 5.74. The molecule has 0 spiro atoms. The Balaban J connectivity index is 2.22. The number of rotatable bonds is 2. The SMILES string of the molecule is Cc1ccc(Br)c(-n2nnnc2-c2cccc(N)c2C)c1. The van der Waals surface area contributed by atoms with E-state index in [0.29, 0.717) is 5.82 Å². The van der Waals surface area contributed by atoms with Crippen LogP contribution in [0.25, 0.3) is 17.1 Å². The highest BCUT2D eigenvalue weighted by atomic mass is 79.9. The average molecular weight is 344 g/mol. The third-order valence-corrected chi connectivity index (χ3v) is 4.09. The molecule has 1 heterocycles. The number of aromatic nitrogens is 4. The second-order valence-electron chi connectivity index (χ2n) is 4.89. The van der Waals surface area contributed by atoms with E-state index in [2.05, 4.69) is 31.5 Å². The molecule has 5 nitrogen and oxygen atoms in total. The molecule has 0 amide bonds. The predicted molar refractivity (Wildman–Crippen MR) is 86.2 cm³/mol. The molecule has 0 bridgehead atoms. The molecular weight excluding hydrogens is 330 g/mol. The van der Waals surface area contributed by atoms with Gasteiger partial charge in [-0.05, 0) is 69.5 Å². The van der Waals surface area contributed by atoms with Crippen molar-refractivity contribution in [1.29, 1.82) is 0 Å². The summed E-state index contributed by atoms with van der Waals surface area (Å²) < 4.78 is 2.65. The number of hydrogen-bond acceptors (Lipinski definition) is 4. The summed E-state index contributed by atoms with van der Waals surface area (Å²) in [6.45, 7) is 4.00. The van der Waals surface area contributed by atoms with E-state index < -0.39 is 0 Å². The average Bonchev–Trinajstić information content (AvgIpc) is 2.93. The van der Waals surface area contributed by atoms with Crippen molar-refractivity contribution in [3.8, 4) is 17.1 Å². The molecule has 1 aromatic heterocycles. The Morgan fingerprint density at radius 2 is 1.95 bits per heavy atom. The summed E-state index contributed by atoms with van der Waals surface area (Å²) in [6.07, 6.45) is 0. The van der Waals surface area contributed by atoms with Crippen LogP contribution in [-0.4, -0.2) is 20.2 Å². The fourth-order valence-electron chi connectivity index (χ4n) is 2.20. The van der Waals surface area contributed by atoms with E-state index in [0.717, 1.165) is 32.5 Å². The van der Waals surface area contributed by atoms with E-state index in [4.69, 9.17) is 5.73 Å². The summed E-state index contributed by atoms with van der Waals surface area (Å²) in [6, 6.07) is 11.8. The molecule has 2 aromatic carbocycles. The number of halogens is 1. The van der Waals surface area contributed by atoms with Crippen LogP contribution in [0.1, 0.15) is 11.1 Å². The molecule has 3 aromatic rings. The van der Waals surface area contributed by atoms with Gasteiger partial charge in [0.1, 0.15) is 0 Å². The number of tetrazole rings is 1. The minimum atomic E-state index is 0.672. The molecule has 0 fully saturated rings. The van der Waals surface area contributed by atoms with Gasteiger partial charge in [0.2, 0.25) is 0 Å². The topological polar surface area (TPSA) is 69.6 Å². The summed E-state index contributed by atoms with van der Waals surface area (Å²) in [5, 5.41) is 12.1. The summed E-state index contributed by atoms with van der Waals surface area (Å²) >= 11 is 3.55. The van der Waals surface area contributed by atoms with Gasteiger partial charge in [-0.25, -0.2) is 0 Å². The summed E-state index contributed by atoms with van der Waals surface area (Å²) in [5.74, 6) is 0.672. The molecule has 6 heteroatoms. The highest BCUT2D eigenvalue weighted by Gasteiger charge is 2.15. The maximum Gasteiger partial charge on any atom is 0.187 e. The standard InChI is InChI=1S/C15H14BrN5/c1-9-6-7-12(16)14(8-9)21-15(18-19-20-21)11-4-3-5-13(17)10(11)2/h3-8H,17H2,1-2H3. The summed E-state index contributed by atoms with van der Waals surface area (Å²) in [4.78, 5) is 0. The molecule has 0 atom stereocenters. The third-order valence-electron chi connectivity index (χ3n) is 3.42. The maximum absolute atomic E-state index is 5.98. The van der Waals surface area contributed by atoms with Crippen LogP contribution in [0.4, 0.5) is 5.69 Å². The zero-order valence-electron chi connectivity index (χ0n) is 11.7. The van der Waals surface area contributed by atoms with Crippen molar-refractivity contribution < 1.29 is 0 Å². The first kappa shape index (κ1) is 13.8. The second kappa shape index (κ2) is 5.29. The van der Waals surface area contributed by atoms with Crippen LogP contribution < -0.4 is 5.73 Å². The molecule has 0 radical (unpaired) electrons. The molecule has 0 unspecified atom stereocenters. The Morgan fingerprint density at radius 3 is 2.76 bits per heavy atom. The molecule has 0 aliphatic heterocycles. The normalized spacial score (nSPS) is 10.8. The van der Waals surface area contributed by atoms with Gasteiger partial charge in [0.15, 0.2) is 5.82 Å². The van der Waals surface area contributed by atoms with Crippen molar-refractivity contribution in [2.75, 3.05) is 5.73 Å². The minimum Gasteiger partial charge on any atom is -0.398 e. The zero-order valence-corrected chi connectivity index (χ0v) is 13.3. The van der Waals surface area contributed by atoms with Crippen LogP contribution in [0.2, 0.25) is 0 Å². The van der Waals surface area contributed by atoms with Crippen LogP contribution in [0.3, 0.4) is 0 Å². The van der Waals surface area contributed by atoms with Gasteiger partial charge in [-0.1, -0.05) is 18.2 Å². The lowest BCUT2D eigenvalue weighted by Crippen LogP contribution is -2.03. The number of nitrogen functional groups attached to an aromatic ring is 1. The van der Waals surface area contributed by atoms with Gasteiger partial charge in [0, 0.05) is 15.7 Å². The molecule has 0 saturated heterocycles. The first-order chi connectivity index (χ1) is 10.1. The van der Waals surface area contributed by atoms with Crippen LogP contribution in [0.15, 0.2) is 40.9 Å². The van der Waals surface area contributed by atoms with Crippen LogP contribution >= 0.6 is 15.9 Å². The molecule has 0 aliphatic carbocycles. The number of nitrogens with zero attached hydrogens (tertiary/aromatic N) is 4. The Hall–Kier alpha value is -2.21. The lowest BCUT2D eigenvalue weighted by atomic mass is 10.1.